The van der Waals surface area contributed by atoms with Crippen molar-refractivity contribution in [3.05, 3.63) is 0 Å². The molecule has 4 heteroatoms. The average Bonchev–Trinajstić information content (AvgIpc) is 3.18. The highest BCUT2D eigenvalue weighted by molar-refractivity contribution is 5.81. The molecule has 0 radical (unpaired) electrons. The summed E-state index contributed by atoms with van der Waals surface area (Å²) in [4.78, 5) is 14.5. The quantitative estimate of drug-likeness (QED) is 0.807. The van der Waals surface area contributed by atoms with Gasteiger partial charge < -0.3 is 10.6 Å². The Bertz CT molecular complexity index is 325. The van der Waals surface area contributed by atoms with Crippen molar-refractivity contribution in [1.82, 2.24) is 15.5 Å². The Balaban J connectivity index is 1.70. The van der Waals surface area contributed by atoms with E-state index in [1.54, 1.807) is 0 Å². The molecule has 2 N–H and O–H groups in total. The van der Waals surface area contributed by atoms with E-state index in [0.29, 0.717) is 6.04 Å². The van der Waals surface area contributed by atoms with Crippen LogP contribution in [0.2, 0.25) is 0 Å². The molecule has 2 aliphatic rings. The van der Waals surface area contributed by atoms with E-state index in [0.717, 1.165) is 19.0 Å². The SMILES string of the molecule is CC(C(=O)NC(C)(C)C)N1CCC(NCC2CC2)CC1. The molecule has 0 spiro atoms. The molecule has 1 atom stereocenters. The minimum absolute atomic E-state index is 0.0152. The van der Waals surface area contributed by atoms with Gasteiger partial charge in [-0.1, -0.05) is 0 Å². The lowest BCUT2D eigenvalue weighted by Crippen LogP contribution is -2.54. The van der Waals surface area contributed by atoms with Crippen LogP contribution < -0.4 is 10.6 Å². The fourth-order valence-corrected chi connectivity index (χ4v) is 2.79. The molecule has 1 amide bonds. The zero-order chi connectivity index (χ0) is 14.8. The minimum atomic E-state index is -0.143. The predicted octanol–water partition coefficient (Wildman–Crippen LogP) is 1.75. The predicted molar refractivity (Wildman–Crippen MR) is 82.7 cm³/mol. The Morgan fingerprint density at radius 1 is 1.20 bits per heavy atom. The summed E-state index contributed by atoms with van der Waals surface area (Å²) in [5, 5.41) is 6.76. The van der Waals surface area contributed by atoms with E-state index < -0.39 is 0 Å². The summed E-state index contributed by atoms with van der Waals surface area (Å²) in [6, 6.07) is 0.642. The van der Waals surface area contributed by atoms with E-state index in [1.807, 2.05) is 27.7 Å². The van der Waals surface area contributed by atoms with Crippen molar-refractivity contribution in [2.24, 2.45) is 5.92 Å². The maximum atomic E-state index is 12.2. The molecule has 116 valence electrons. The fourth-order valence-electron chi connectivity index (χ4n) is 2.79. The summed E-state index contributed by atoms with van der Waals surface area (Å²) < 4.78 is 0. The van der Waals surface area contributed by atoms with Gasteiger partial charge in [-0.3, -0.25) is 9.69 Å². The number of rotatable bonds is 5. The van der Waals surface area contributed by atoms with Crippen LogP contribution in [0.15, 0.2) is 0 Å². The number of carbonyl (C=O) groups is 1. The lowest BCUT2D eigenvalue weighted by molar-refractivity contribution is -0.127. The highest BCUT2D eigenvalue weighted by Gasteiger charge is 2.29. The van der Waals surface area contributed by atoms with Crippen molar-refractivity contribution in [3.8, 4) is 0 Å². The summed E-state index contributed by atoms with van der Waals surface area (Å²) >= 11 is 0. The van der Waals surface area contributed by atoms with Gasteiger partial charge in [-0.15, -0.1) is 0 Å². The Hall–Kier alpha value is -0.610. The van der Waals surface area contributed by atoms with Crippen molar-refractivity contribution in [3.63, 3.8) is 0 Å². The first-order valence-corrected chi connectivity index (χ1v) is 8.14. The van der Waals surface area contributed by atoms with Crippen molar-refractivity contribution < 1.29 is 4.79 Å². The summed E-state index contributed by atoms with van der Waals surface area (Å²) in [5.74, 6) is 1.10. The second-order valence-electron chi connectivity index (χ2n) is 7.58. The molecule has 1 unspecified atom stereocenters. The van der Waals surface area contributed by atoms with Crippen LogP contribution in [0.1, 0.15) is 53.4 Å². The van der Waals surface area contributed by atoms with Crippen LogP contribution in [0.4, 0.5) is 0 Å². The average molecular weight is 281 g/mol. The van der Waals surface area contributed by atoms with Crippen molar-refractivity contribution in [2.45, 2.75) is 71.0 Å². The molecule has 0 bridgehead atoms. The number of nitrogens with one attached hydrogen (secondary N) is 2. The van der Waals surface area contributed by atoms with Gasteiger partial charge in [-0.05, 0) is 65.8 Å². The Morgan fingerprint density at radius 3 is 2.30 bits per heavy atom. The second-order valence-corrected chi connectivity index (χ2v) is 7.58. The number of amides is 1. The Labute approximate surface area is 123 Å². The maximum absolute atomic E-state index is 12.2. The van der Waals surface area contributed by atoms with Gasteiger partial charge in [-0.25, -0.2) is 0 Å². The van der Waals surface area contributed by atoms with Crippen LogP contribution in [-0.2, 0) is 4.79 Å². The monoisotopic (exact) mass is 281 g/mol. The van der Waals surface area contributed by atoms with E-state index in [1.165, 1.54) is 32.2 Å². The highest BCUT2D eigenvalue weighted by Crippen LogP contribution is 2.28. The first kappa shape index (κ1) is 15.8. The largest absolute Gasteiger partial charge is 0.350 e. The zero-order valence-electron chi connectivity index (χ0n) is 13.5. The second kappa shape index (κ2) is 6.44. The number of nitrogens with zero attached hydrogens (tertiary/aromatic N) is 1. The minimum Gasteiger partial charge on any atom is -0.350 e. The number of hydrogen-bond donors (Lipinski definition) is 2. The van der Waals surface area contributed by atoms with Crippen LogP contribution in [0.25, 0.3) is 0 Å². The molecule has 1 saturated heterocycles. The molecule has 0 aromatic rings. The van der Waals surface area contributed by atoms with Crippen LogP contribution in [0.5, 0.6) is 0 Å². The van der Waals surface area contributed by atoms with Gasteiger partial charge in [-0.2, -0.15) is 0 Å². The molecule has 1 aliphatic heterocycles. The van der Waals surface area contributed by atoms with E-state index in [4.69, 9.17) is 0 Å². The van der Waals surface area contributed by atoms with E-state index >= 15 is 0 Å². The number of carbonyl (C=O) groups excluding carboxylic acids is 1. The van der Waals surface area contributed by atoms with Crippen LogP contribution in [0, 0.1) is 5.92 Å². The third-order valence-electron chi connectivity index (χ3n) is 4.35. The number of piperidine rings is 1. The maximum Gasteiger partial charge on any atom is 0.237 e. The van der Waals surface area contributed by atoms with E-state index in [9.17, 15) is 4.79 Å². The van der Waals surface area contributed by atoms with Gasteiger partial charge in [0, 0.05) is 24.7 Å². The standard InChI is InChI=1S/C16H31N3O/c1-12(15(20)18-16(2,3)4)19-9-7-14(8-10-19)17-11-13-5-6-13/h12-14,17H,5-11H2,1-4H3,(H,18,20). The van der Waals surface area contributed by atoms with Crippen molar-refractivity contribution >= 4 is 5.91 Å². The first-order chi connectivity index (χ1) is 9.35. The van der Waals surface area contributed by atoms with Gasteiger partial charge in [0.1, 0.15) is 0 Å². The van der Waals surface area contributed by atoms with Crippen molar-refractivity contribution in [1.29, 1.82) is 0 Å². The summed E-state index contributed by atoms with van der Waals surface area (Å²) in [6.07, 6.45) is 5.16. The Morgan fingerprint density at radius 2 is 1.80 bits per heavy atom. The normalized spacial score (nSPS) is 23.6. The first-order valence-electron chi connectivity index (χ1n) is 8.14. The molecular formula is C16H31N3O. The molecule has 0 aromatic heterocycles. The molecular weight excluding hydrogens is 250 g/mol. The molecule has 4 nitrogen and oxygen atoms in total. The molecule has 1 saturated carbocycles. The molecule has 2 rings (SSSR count). The van der Waals surface area contributed by atoms with Gasteiger partial charge in [0.2, 0.25) is 5.91 Å². The summed E-state index contributed by atoms with van der Waals surface area (Å²) in [7, 11) is 0. The summed E-state index contributed by atoms with van der Waals surface area (Å²) in [5.41, 5.74) is -0.143. The molecule has 1 heterocycles. The molecule has 2 fully saturated rings. The van der Waals surface area contributed by atoms with E-state index in [2.05, 4.69) is 15.5 Å². The van der Waals surface area contributed by atoms with Crippen LogP contribution in [-0.4, -0.2) is 48.1 Å². The number of likely N-dealkylation sites (tertiary alicyclic amines) is 1. The highest BCUT2D eigenvalue weighted by atomic mass is 16.2. The molecule has 0 aromatic carbocycles. The van der Waals surface area contributed by atoms with Gasteiger partial charge >= 0.3 is 0 Å². The van der Waals surface area contributed by atoms with Crippen LogP contribution in [0.3, 0.4) is 0 Å². The van der Waals surface area contributed by atoms with Gasteiger partial charge in [0.15, 0.2) is 0 Å². The fraction of sp³-hybridized carbons (Fsp3) is 0.938. The zero-order valence-corrected chi connectivity index (χ0v) is 13.5. The van der Waals surface area contributed by atoms with Gasteiger partial charge in [0.05, 0.1) is 6.04 Å². The lowest BCUT2D eigenvalue weighted by atomic mass is 10.0. The van der Waals surface area contributed by atoms with E-state index in [-0.39, 0.29) is 17.5 Å². The van der Waals surface area contributed by atoms with Crippen molar-refractivity contribution in [2.75, 3.05) is 19.6 Å². The lowest BCUT2D eigenvalue weighted by Gasteiger charge is -2.36. The third-order valence-corrected chi connectivity index (χ3v) is 4.35. The van der Waals surface area contributed by atoms with Gasteiger partial charge in [0.25, 0.3) is 0 Å². The van der Waals surface area contributed by atoms with Crippen LogP contribution >= 0.6 is 0 Å². The Kier molecular flexibility index (Phi) is 5.08. The number of hydrogen-bond acceptors (Lipinski definition) is 3. The topological polar surface area (TPSA) is 44.4 Å². The summed E-state index contributed by atoms with van der Waals surface area (Å²) in [6.45, 7) is 11.4. The molecule has 20 heavy (non-hydrogen) atoms. The molecule has 1 aliphatic carbocycles. The smallest absolute Gasteiger partial charge is 0.237 e. The third kappa shape index (κ3) is 5.06.